The summed E-state index contributed by atoms with van der Waals surface area (Å²) in [7, 11) is 4.64. The minimum absolute atomic E-state index is 0.371. The Hall–Kier alpha value is -2.41. The molecule has 0 aliphatic rings. The van der Waals surface area contributed by atoms with Crippen LogP contribution in [0, 0.1) is 5.82 Å². The number of aromatic nitrogens is 2. The monoisotopic (exact) mass is 392 g/mol. The molecule has 0 N–H and O–H groups in total. The van der Waals surface area contributed by atoms with Crippen LogP contribution < -0.4 is 14.2 Å². The van der Waals surface area contributed by atoms with Gasteiger partial charge in [-0.3, -0.25) is 4.98 Å². The Bertz CT molecular complexity index is 893. The lowest BCUT2D eigenvalue weighted by molar-refractivity contribution is 0.324. The third-order valence-corrected chi connectivity index (χ3v) is 4.13. The van der Waals surface area contributed by atoms with Gasteiger partial charge in [-0.05, 0) is 34.1 Å². The van der Waals surface area contributed by atoms with Crippen molar-refractivity contribution in [3.8, 4) is 28.5 Å². The predicted octanol–water partition coefficient (Wildman–Crippen LogP) is 4.22. The third kappa shape index (κ3) is 2.87. The molecule has 7 heteroatoms. The zero-order chi connectivity index (χ0) is 17.3. The Balaban J connectivity index is 2.20. The van der Waals surface area contributed by atoms with Gasteiger partial charge in [0.2, 0.25) is 5.75 Å². The summed E-state index contributed by atoms with van der Waals surface area (Å²) in [5.41, 5.74) is 2.39. The summed E-state index contributed by atoms with van der Waals surface area (Å²) in [5, 5.41) is 0. The molecule has 24 heavy (non-hydrogen) atoms. The molecule has 0 spiro atoms. The molecule has 5 nitrogen and oxygen atoms in total. The molecule has 0 amide bonds. The van der Waals surface area contributed by atoms with Crippen molar-refractivity contribution in [2.75, 3.05) is 21.3 Å². The van der Waals surface area contributed by atoms with E-state index in [-0.39, 0.29) is 5.82 Å². The summed E-state index contributed by atoms with van der Waals surface area (Å²) in [4.78, 5) is 8.85. The molecule has 2 aromatic carbocycles. The number of benzene rings is 2. The molecule has 0 aliphatic heterocycles. The topological polar surface area (TPSA) is 53.5 Å². The third-order valence-electron chi connectivity index (χ3n) is 3.53. The zero-order valence-corrected chi connectivity index (χ0v) is 14.8. The van der Waals surface area contributed by atoms with Crippen LogP contribution in [0.1, 0.15) is 0 Å². The molecule has 3 aromatic rings. The van der Waals surface area contributed by atoms with E-state index in [1.165, 1.54) is 12.1 Å². The first-order chi connectivity index (χ1) is 11.6. The fourth-order valence-electron chi connectivity index (χ4n) is 2.41. The van der Waals surface area contributed by atoms with Gasteiger partial charge in [0.05, 0.1) is 38.7 Å². The lowest BCUT2D eigenvalue weighted by Gasteiger charge is -2.14. The summed E-state index contributed by atoms with van der Waals surface area (Å²) in [6.07, 6.45) is 1.58. The van der Waals surface area contributed by atoms with Crippen molar-refractivity contribution in [2.24, 2.45) is 0 Å². The van der Waals surface area contributed by atoms with E-state index in [9.17, 15) is 4.39 Å². The Labute approximate surface area is 146 Å². The minimum atomic E-state index is -0.371. The second kappa shape index (κ2) is 6.60. The van der Waals surface area contributed by atoms with Gasteiger partial charge in [-0.1, -0.05) is 0 Å². The van der Waals surface area contributed by atoms with Crippen LogP contribution in [-0.4, -0.2) is 31.3 Å². The number of methoxy groups -OCH3 is 3. The first-order valence-corrected chi connectivity index (χ1v) is 7.79. The van der Waals surface area contributed by atoms with Crippen LogP contribution in [-0.2, 0) is 0 Å². The quantitative estimate of drug-likeness (QED) is 0.664. The lowest BCUT2D eigenvalue weighted by Crippen LogP contribution is -1.97. The maximum atomic E-state index is 13.5. The molecule has 0 bridgehead atoms. The molecule has 0 saturated heterocycles. The smallest absolute Gasteiger partial charge is 0.203 e. The van der Waals surface area contributed by atoms with Gasteiger partial charge in [0.1, 0.15) is 11.3 Å². The van der Waals surface area contributed by atoms with E-state index >= 15 is 0 Å². The van der Waals surface area contributed by atoms with Crippen LogP contribution in [0.25, 0.3) is 22.3 Å². The average molecular weight is 393 g/mol. The molecule has 0 aliphatic carbocycles. The first kappa shape index (κ1) is 16.4. The van der Waals surface area contributed by atoms with Crippen molar-refractivity contribution in [3.05, 3.63) is 40.8 Å². The van der Waals surface area contributed by atoms with E-state index in [2.05, 4.69) is 25.9 Å². The van der Waals surface area contributed by atoms with Gasteiger partial charge in [0.15, 0.2) is 11.5 Å². The summed E-state index contributed by atoms with van der Waals surface area (Å²) < 4.78 is 30.0. The van der Waals surface area contributed by atoms with Crippen LogP contribution in [0.5, 0.6) is 17.2 Å². The van der Waals surface area contributed by atoms with E-state index in [0.717, 1.165) is 5.56 Å². The SMILES string of the molecule is COc1cc(-c2cnc3cc(F)cc(Br)c3n2)cc(OC)c1OC. The summed E-state index contributed by atoms with van der Waals surface area (Å²) in [6, 6.07) is 6.27. The molecule has 1 aromatic heterocycles. The van der Waals surface area contributed by atoms with E-state index in [1.54, 1.807) is 39.7 Å². The second-order valence-corrected chi connectivity index (χ2v) is 5.78. The molecular formula is C17H14BrFN2O3. The highest BCUT2D eigenvalue weighted by Gasteiger charge is 2.15. The second-order valence-electron chi connectivity index (χ2n) is 4.92. The first-order valence-electron chi connectivity index (χ1n) is 6.99. The van der Waals surface area contributed by atoms with Crippen LogP contribution in [0.4, 0.5) is 4.39 Å². The van der Waals surface area contributed by atoms with Crippen LogP contribution in [0.3, 0.4) is 0 Å². The molecule has 1 heterocycles. The van der Waals surface area contributed by atoms with Gasteiger partial charge in [-0.25, -0.2) is 9.37 Å². The number of hydrogen-bond donors (Lipinski definition) is 0. The summed E-state index contributed by atoms with van der Waals surface area (Å²) >= 11 is 3.32. The van der Waals surface area contributed by atoms with Gasteiger partial charge >= 0.3 is 0 Å². The van der Waals surface area contributed by atoms with Crippen LogP contribution in [0.2, 0.25) is 0 Å². The van der Waals surface area contributed by atoms with Crippen LogP contribution in [0.15, 0.2) is 34.9 Å². The van der Waals surface area contributed by atoms with Crippen molar-refractivity contribution in [1.29, 1.82) is 0 Å². The standard InChI is InChI=1S/C17H14BrFN2O3/c1-22-14-4-9(5-15(23-2)17(14)24-3)13-8-20-12-7-10(19)6-11(18)16(12)21-13/h4-8H,1-3H3. The number of halogens is 2. The zero-order valence-electron chi connectivity index (χ0n) is 13.3. The Morgan fingerprint density at radius 2 is 1.62 bits per heavy atom. The fourth-order valence-corrected chi connectivity index (χ4v) is 2.92. The van der Waals surface area contributed by atoms with Gasteiger partial charge in [0.25, 0.3) is 0 Å². The minimum Gasteiger partial charge on any atom is -0.493 e. The highest BCUT2D eigenvalue weighted by Crippen LogP contribution is 2.41. The van der Waals surface area contributed by atoms with E-state index < -0.39 is 0 Å². The van der Waals surface area contributed by atoms with Gasteiger partial charge in [0, 0.05) is 16.1 Å². The molecule has 124 valence electrons. The van der Waals surface area contributed by atoms with Crippen molar-refractivity contribution in [1.82, 2.24) is 9.97 Å². The normalized spacial score (nSPS) is 10.7. The van der Waals surface area contributed by atoms with Crippen molar-refractivity contribution in [2.45, 2.75) is 0 Å². The van der Waals surface area contributed by atoms with E-state index in [1.807, 2.05) is 0 Å². The molecular weight excluding hydrogens is 379 g/mol. The summed E-state index contributed by atoms with van der Waals surface area (Å²) in [5.74, 6) is 1.17. The molecule has 0 fully saturated rings. The fraction of sp³-hybridized carbons (Fsp3) is 0.176. The molecule has 0 unspecified atom stereocenters. The van der Waals surface area contributed by atoms with E-state index in [4.69, 9.17) is 14.2 Å². The maximum absolute atomic E-state index is 13.5. The Kier molecular flexibility index (Phi) is 4.53. The average Bonchev–Trinajstić information content (AvgIpc) is 2.59. The highest BCUT2D eigenvalue weighted by atomic mass is 79.9. The van der Waals surface area contributed by atoms with Gasteiger partial charge in [-0.15, -0.1) is 0 Å². The van der Waals surface area contributed by atoms with Crippen LogP contribution >= 0.6 is 15.9 Å². The van der Waals surface area contributed by atoms with Crippen molar-refractivity contribution >= 4 is 27.0 Å². The maximum Gasteiger partial charge on any atom is 0.203 e. The Morgan fingerprint density at radius 1 is 0.958 bits per heavy atom. The number of ether oxygens (including phenoxy) is 3. The largest absolute Gasteiger partial charge is 0.493 e. The number of hydrogen-bond acceptors (Lipinski definition) is 5. The molecule has 3 rings (SSSR count). The molecule has 0 saturated carbocycles. The number of fused-ring (bicyclic) bond motifs is 1. The Morgan fingerprint density at radius 3 is 2.21 bits per heavy atom. The molecule has 0 atom stereocenters. The lowest BCUT2D eigenvalue weighted by atomic mass is 10.1. The van der Waals surface area contributed by atoms with Gasteiger partial charge in [-0.2, -0.15) is 0 Å². The predicted molar refractivity (Wildman–Crippen MR) is 92.3 cm³/mol. The number of rotatable bonds is 4. The summed E-state index contributed by atoms with van der Waals surface area (Å²) in [6.45, 7) is 0. The van der Waals surface area contributed by atoms with Crippen molar-refractivity contribution < 1.29 is 18.6 Å². The van der Waals surface area contributed by atoms with Gasteiger partial charge < -0.3 is 14.2 Å². The highest BCUT2D eigenvalue weighted by molar-refractivity contribution is 9.10. The molecule has 0 radical (unpaired) electrons. The van der Waals surface area contributed by atoms with Crippen molar-refractivity contribution in [3.63, 3.8) is 0 Å². The number of nitrogens with zero attached hydrogens (tertiary/aromatic N) is 2. The van der Waals surface area contributed by atoms with E-state index in [0.29, 0.717) is 38.4 Å².